The number of ether oxygens (including phenoxy) is 1. The fraction of sp³-hybridized carbons (Fsp3) is 0.385. The Labute approximate surface area is 104 Å². The van der Waals surface area contributed by atoms with E-state index in [-0.39, 0.29) is 6.42 Å². The second-order valence-electron chi connectivity index (χ2n) is 4.38. The number of carboxylic acid groups (broad SMARTS) is 1. The molecule has 0 aromatic heterocycles. The molecule has 0 aliphatic carbocycles. The van der Waals surface area contributed by atoms with Crippen molar-refractivity contribution in [1.82, 2.24) is 0 Å². The van der Waals surface area contributed by atoms with Crippen LogP contribution < -0.4 is 0 Å². The van der Waals surface area contributed by atoms with Gasteiger partial charge in [0, 0.05) is 0 Å². The summed E-state index contributed by atoms with van der Waals surface area (Å²) in [5, 5.41) is 9.17. The number of carbonyl (C=O) groups excluding carboxylic acids is 1. The minimum Gasteiger partial charge on any atom is -0.480 e. The fourth-order valence-corrected chi connectivity index (χ4v) is 1.70. The maximum atomic E-state index is 13.0. The summed E-state index contributed by atoms with van der Waals surface area (Å²) < 4.78 is 17.5. The number of hydrogen-bond acceptors (Lipinski definition) is 3. The van der Waals surface area contributed by atoms with Crippen molar-refractivity contribution in [3.05, 3.63) is 35.1 Å². The van der Waals surface area contributed by atoms with Crippen LogP contribution in [0.1, 0.15) is 18.1 Å². The zero-order chi connectivity index (χ0) is 13.9. The third-order valence-corrected chi connectivity index (χ3v) is 2.96. The normalized spacial score (nSPS) is 13.8. The first-order chi connectivity index (χ1) is 8.31. The molecule has 1 atom stereocenters. The van der Waals surface area contributed by atoms with E-state index in [1.54, 1.807) is 6.92 Å². The monoisotopic (exact) mass is 254 g/mol. The molecule has 0 bridgehead atoms. The standard InChI is InChI=1S/C13H15FO4/c1-8-6-10(14)5-4-9(8)7-13(2,11(15)16)12(17)18-3/h4-6H,7H2,1-3H3,(H,15,16). The Hall–Kier alpha value is -1.91. The molecule has 0 fully saturated rings. The van der Waals surface area contributed by atoms with Crippen molar-refractivity contribution in [2.24, 2.45) is 5.41 Å². The van der Waals surface area contributed by atoms with Crippen LogP contribution in [0.2, 0.25) is 0 Å². The van der Waals surface area contributed by atoms with E-state index in [2.05, 4.69) is 4.74 Å². The molecule has 0 aliphatic rings. The Morgan fingerprint density at radius 2 is 2.06 bits per heavy atom. The summed E-state index contributed by atoms with van der Waals surface area (Å²) in [6, 6.07) is 4.02. The molecule has 4 nitrogen and oxygen atoms in total. The van der Waals surface area contributed by atoms with Crippen molar-refractivity contribution in [1.29, 1.82) is 0 Å². The van der Waals surface area contributed by atoms with E-state index in [0.717, 1.165) is 7.11 Å². The summed E-state index contributed by atoms with van der Waals surface area (Å²) in [7, 11) is 1.14. The average Bonchev–Trinajstić information content (AvgIpc) is 2.31. The van der Waals surface area contributed by atoms with Gasteiger partial charge in [-0.15, -0.1) is 0 Å². The fourth-order valence-electron chi connectivity index (χ4n) is 1.70. The van der Waals surface area contributed by atoms with Gasteiger partial charge in [-0.1, -0.05) is 6.07 Å². The van der Waals surface area contributed by atoms with Gasteiger partial charge < -0.3 is 9.84 Å². The first-order valence-corrected chi connectivity index (χ1v) is 5.38. The van der Waals surface area contributed by atoms with Gasteiger partial charge in [0.25, 0.3) is 0 Å². The zero-order valence-corrected chi connectivity index (χ0v) is 10.5. The molecule has 0 amide bonds. The smallest absolute Gasteiger partial charge is 0.323 e. The quantitative estimate of drug-likeness (QED) is 0.658. The number of aryl methyl sites for hydroxylation is 1. The topological polar surface area (TPSA) is 63.6 Å². The number of methoxy groups -OCH3 is 1. The third kappa shape index (κ3) is 2.67. The van der Waals surface area contributed by atoms with E-state index < -0.39 is 23.2 Å². The van der Waals surface area contributed by atoms with Crippen LogP contribution >= 0.6 is 0 Å². The van der Waals surface area contributed by atoms with Crippen LogP contribution in [0.3, 0.4) is 0 Å². The lowest BCUT2D eigenvalue weighted by Gasteiger charge is -2.22. The van der Waals surface area contributed by atoms with E-state index >= 15 is 0 Å². The molecule has 0 saturated heterocycles. The molecule has 0 heterocycles. The number of carbonyl (C=O) groups is 2. The highest BCUT2D eigenvalue weighted by Gasteiger charge is 2.43. The van der Waals surface area contributed by atoms with Crippen molar-refractivity contribution in [3.8, 4) is 0 Å². The zero-order valence-electron chi connectivity index (χ0n) is 10.5. The predicted octanol–water partition coefficient (Wildman–Crippen LogP) is 1.94. The van der Waals surface area contributed by atoms with Crippen molar-refractivity contribution < 1.29 is 23.8 Å². The molecule has 0 radical (unpaired) electrons. The summed E-state index contributed by atoms with van der Waals surface area (Å²) in [6.45, 7) is 2.96. The minimum absolute atomic E-state index is 0.0406. The van der Waals surface area contributed by atoms with Crippen LogP contribution in [0.5, 0.6) is 0 Å². The third-order valence-electron chi connectivity index (χ3n) is 2.96. The summed E-state index contributed by atoms with van der Waals surface area (Å²) in [6.07, 6.45) is -0.0406. The van der Waals surface area contributed by atoms with Gasteiger partial charge >= 0.3 is 11.9 Å². The second kappa shape index (κ2) is 5.16. The summed E-state index contributed by atoms with van der Waals surface area (Å²) >= 11 is 0. The SMILES string of the molecule is COC(=O)C(C)(Cc1ccc(F)cc1C)C(=O)O. The van der Waals surface area contributed by atoms with Crippen LogP contribution in [-0.2, 0) is 20.7 Å². The Morgan fingerprint density at radius 3 is 2.50 bits per heavy atom. The molecular formula is C13H15FO4. The first kappa shape index (κ1) is 14.2. The van der Waals surface area contributed by atoms with E-state index in [1.165, 1.54) is 25.1 Å². The molecular weight excluding hydrogens is 239 g/mol. The number of carboxylic acids is 1. The number of aliphatic carboxylic acids is 1. The van der Waals surface area contributed by atoms with Crippen molar-refractivity contribution in [3.63, 3.8) is 0 Å². The van der Waals surface area contributed by atoms with Gasteiger partial charge in [0.05, 0.1) is 7.11 Å². The van der Waals surface area contributed by atoms with Gasteiger partial charge in [-0.3, -0.25) is 9.59 Å². The highest BCUT2D eigenvalue weighted by Crippen LogP contribution is 2.26. The van der Waals surface area contributed by atoms with Crippen LogP contribution in [0.4, 0.5) is 4.39 Å². The van der Waals surface area contributed by atoms with Crippen LogP contribution in [0.15, 0.2) is 18.2 Å². The Morgan fingerprint density at radius 1 is 1.44 bits per heavy atom. The molecule has 1 rings (SSSR count). The van der Waals surface area contributed by atoms with Crippen LogP contribution in [-0.4, -0.2) is 24.2 Å². The predicted molar refractivity (Wildman–Crippen MR) is 62.6 cm³/mol. The van der Waals surface area contributed by atoms with Gasteiger partial charge in [0.2, 0.25) is 0 Å². The average molecular weight is 254 g/mol. The van der Waals surface area contributed by atoms with Gasteiger partial charge in [0.15, 0.2) is 5.41 Å². The molecule has 98 valence electrons. The Balaban J connectivity index is 3.12. The summed E-state index contributed by atoms with van der Waals surface area (Å²) in [4.78, 5) is 22.8. The molecule has 0 aliphatic heterocycles. The molecule has 18 heavy (non-hydrogen) atoms. The van der Waals surface area contributed by atoms with E-state index in [0.29, 0.717) is 11.1 Å². The molecule has 1 aromatic carbocycles. The number of rotatable bonds is 4. The van der Waals surface area contributed by atoms with Gasteiger partial charge in [0.1, 0.15) is 5.82 Å². The van der Waals surface area contributed by atoms with Gasteiger partial charge in [-0.05, 0) is 43.5 Å². The number of hydrogen-bond donors (Lipinski definition) is 1. The van der Waals surface area contributed by atoms with Crippen molar-refractivity contribution in [2.45, 2.75) is 20.3 Å². The highest BCUT2D eigenvalue weighted by molar-refractivity contribution is 5.98. The number of esters is 1. The summed E-state index contributed by atoms with van der Waals surface area (Å²) in [5.74, 6) is -2.48. The maximum Gasteiger partial charge on any atom is 0.323 e. The lowest BCUT2D eigenvalue weighted by atomic mass is 9.82. The van der Waals surface area contributed by atoms with Gasteiger partial charge in [-0.25, -0.2) is 4.39 Å². The summed E-state index contributed by atoms with van der Waals surface area (Å²) in [5.41, 5.74) is -0.463. The van der Waals surface area contributed by atoms with Crippen molar-refractivity contribution >= 4 is 11.9 Å². The maximum absolute atomic E-state index is 13.0. The Kier molecular flexibility index (Phi) is 4.06. The molecule has 1 aromatic rings. The molecule has 1 N–H and O–H groups in total. The van der Waals surface area contributed by atoms with Crippen LogP contribution in [0.25, 0.3) is 0 Å². The van der Waals surface area contributed by atoms with E-state index in [4.69, 9.17) is 5.11 Å². The highest BCUT2D eigenvalue weighted by atomic mass is 19.1. The molecule has 5 heteroatoms. The number of benzene rings is 1. The molecule has 0 saturated carbocycles. The second-order valence-corrected chi connectivity index (χ2v) is 4.38. The largest absolute Gasteiger partial charge is 0.480 e. The molecule has 0 spiro atoms. The lowest BCUT2D eigenvalue weighted by molar-refractivity contribution is -0.165. The van der Waals surface area contributed by atoms with E-state index in [1.807, 2.05) is 0 Å². The van der Waals surface area contributed by atoms with Gasteiger partial charge in [-0.2, -0.15) is 0 Å². The molecule has 1 unspecified atom stereocenters. The lowest BCUT2D eigenvalue weighted by Crippen LogP contribution is -2.39. The van der Waals surface area contributed by atoms with Crippen LogP contribution in [0, 0.1) is 18.2 Å². The Bertz CT molecular complexity index is 484. The number of halogens is 1. The van der Waals surface area contributed by atoms with E-state index in [9.17, 15) is 14.0 Å². The first-order valence-electron chi connectivity index (χ1n) is 5.38. The minimum atomic E-state index is -1.67. The van der Waals surface area contributed by atoms with Crippen molar-refractivity contribution in [2.75, 3.05) is 7.11 Å².